The van der Waals surface area contributed by atoms with E-state index in [0.717, 1.165) is 11.1 Å². The molecule has 0 spiro atoms. The molecule has 2 N–H and O–H groups in total. The molecule has 2 aromatic carbocycles. The molecule has 6 heteroatoms. The van der Waals surface area contributed by atoms with Crippen LogP contribution in [0.15, 0.2) is 36.4 Å². The maximum absolute atomic E-state index is 12.0. The van der Waals surface area contributed by atoms with E-state index in [-0.39, 0.29) is 22.9 Å². The molecule has 0 fully saturated rings. The minimum Gasteiger partial charge on any atom is -0.483 e. The average Bonchev–Trinajstić information content (AvgIpc) is 2.48. The summed E-state index contributed by atoms with van der Waals surface area (Å²) in [5, 5.41) is 11.8. The molecule has 0 atom stereocenters. The number of carbonyl (C=O) groups is 2. The van der Waals surface area contributed by atoms with Crippen molar-refractivity contribution in [3.63, 3.8) is 0 Å². The third-order valence-electron chi connectivity index (χ3n) is 3.18. The highest BCUT2D eigenvalue weighted by Crippen LogP contribution is 2.23. The molecule has 1 amide bonds. The lowest BCUT2D eigenvalue weighted by molar-refractivity contribution is -0.118. The smallest absolute Gasteiger partial charge is 0.335 e. The van der Waals surface area contributed by atoms with E-state index in [1.54, 1.807) is 6.07 Å². The van der Waals surface area contributed by atoms with Gasteiger partial charge in [-0.1, -0.05) is 29.3 Å². The Labute approximate surface area is 138 Å². The van der Waals surface area contributed by atoms with Crippen molar-refractivity contribution in [2.24, 2.45) is 0 Å². The van der Waals surface area contributed by atoms with Crippen molar-refractivity contribution >= 4 is 29.2 Å². The van der Waals surface area contributed by atoms with E-state index in [1.807, 2.05) is 26.0 Å². The van der Waals surface area contributed by atoms with Crippen LogP contribution in [0.4, 0.5) is 5.69 Å². The molecule has 5 nitrogen and oxygen atoms in total. The fourth-order valence-electron chi connectivity index (χ4n) is 2.04. The summed E-state index contributed by atoms with van der Waals surface area (Å²) in [7, 11) is 0. The second-order valence-electron chi connectivity index (χ2n) is 5.11. The molecular weight excluding hydrogens is 318 g/mol. The van der Waals surface area contributed by atoms with E-state index in [2.05, 4.69) is 5.32 Å². The zero-order chi connectivity index (χ0) is 17.0. The standard InChI is InChI=1S/C17H16ClNO4/c1-10-3-6-15(11(2)7-10)23-9-16(20)19-14-8-12(17(21)22)4-5-13(14)18/h3-8H,9H2,1-2H3,(H,19,20)(H,21,22). The van der Waals surface area contributed by atoms with Crippen molar-refractivity contribution < 1.29 is 19.4 Å². The van der Waals surface area contributed by atoms with Gasteiger partial charge in [0.05, 0.1) is 16.3 Å². The number of carbonyl (C=O) groups excluding carboxylic acids is 1. The molecule has 0 bridgehead atoms. The van der Waals surface area contributed by atoms with Gasteiger partial charge in [-0.25, -0.2) is 4.79 Å². The van der Waals surface area contributed by atoms with Crippen LogP contribution in [-0.2, 0) is 4.79 Å². The van der Waals surface area contributed by atoms with Crippen LogP contribution < -0.4 is 10.1 Å². The molecule has 2 aromatic rings. The maximum atomic E-state index is 12.0. The highest BCUT2D eigenvalue weighted by atomic mass is 35.5. The number of amides is 1. The number of rotatable bonds is 5. The number of hydrogen-bond donors (Lipinski definition) is 2. The molecule has 0 aliphatic carbocycles. The van der Waals surface area contributed by atoms with Crippen molar-refractivity contribution in [2.45, 2.75) is 13.8 Å². The number of anilines is 1. The molecule has 2 rings (SSSR count). The van der Waals surface area contributed by atoms with E-state index in [4.69, 9.17) is 21.4 Å². The Morgan fingerprint density at radius 1 is 1.17 bits per heavy atom. The van der Waals surface area contributed by atoms with Crippen LogP contribution in [0.5, 0.6) is 5.75 Å². The van der Waals surface area contributed by atoms with E-state index < -0.39 is 11.9 Å². The van der Waals surface area contributed by atoms with Crippen LogP contribution in [0.2, 0.25) is 5.02 Å². The fourth-order valence-corrected chi connectivity index (χ4v) is 2.21. The summed E-state index contributed by atoms with van der Waals surface area (Å²) >= 11 is 5.96. The summed E-state index contributed by atoms with van der Waals surface area (Å²) in [6.07, 6.45) is 0. The number of hydrogen-bond acceptors (Lipinski definition) is 3. The summed E-state index contributed by atoms with van der Waals surface area (Å²) in [5.74, 6) is -0.894. The molecule has 0 saturated heterocycles. The first-order chi connectivity index (χ1) is 10.9. The first-order valence-electron chi connectivity index (χ1n) is 6.89. The molecule has 120 valence electrons. The van der Waals surface area contributed by atoms with E-state index in [0.29, 0.717) is 5.75 Å². The largest absolute Gasteiger partial charge is 0.483 e. The third-order valence-corrected chi connectivity index (χ3v) is 3.51. The van der Waals surface area contributed by atoms with Crippen LogP contribution in [0.3, 0.4) is 0 Å². The van der Waals surface area contributed by atoms with Gasteiger partial charge < -0.3 is 15.2 Å². The normalized spacial score (nSPS) is 10.2. The number of ether oxygens (including phenoxy) is 1. The number of aromatic carboxylic acids is 1. The van der Waals surface area contributed by atoms with Gasteiger partial charge in [-0.15, -0.1) is 0 Å². The summed E-state index contributed by atoms with van der Waals surface area (Å²) in [4.78, 5) is 22.9. The zero-order valence-electron chi connectivity index (χ0n) is 12.7. The van der Waals surface area contributed by atoms with Crippen LogP contribution in [0.25, 0.3) is 0 Å². The van der Waals surface area contributed by atoms with Gasteiger partial charge in [0.15, 0.2) is 6.61 Å². The topological polar surface area (TPSA) is 75.6 Å². The number of halogens is 1. The second kappa shape index (κ2) is 7.15. The van der Waals surface area contributed by atoms with Crippen LogP contribution in [0.1, 0.15) is 21.5 Å². The quantitative estimate of drug-likeness (QED) is 0.875. The molecular formula is C17H16ClNO4. The highest BCUT2D eigenvalue weighted by Gasteiger charge is 2.11. The van der Waals surface area contributed by atoms with Gasteiger partial charge in [0.25, 0.3) is 5.91 Å². The predicted molar refractivity (Wildman–Crippen MR) is 88.5 cm³/mol. The number of carboxylic acids is 1. The van der Waals surface area contributed by atoms with Gasteiger partial charge in [-0.3, -0.25) is 4.79 Å². The van der Waals surface area contributed by atoms with Gasteiger partial charge in [-0.2, -0.15) is 0 Å². The van der Waals surface area contributed by atoms with Gasteiger partial charge in [0.1, 0.15) is 5.75 Å². The Kier molecular flexibility index (Phi) is 5.24. The maximum Gasteiger partial charge on any atom is 0.335 e. The van der Waals surface area contributed by atoms with E-state index in [1.165, 1.54) is 18.2 Å². The lowest BCUT2D eigenvalue weighted by atomic mass is 10.1. The van der Waals surface area contributed by atoms with Crippen molar-refractivity contribution in [2.75, 3.05) is 11.9 Å². The number of aryl methyl sites for hydroxylation is 2. The van der Waals surface area contributed by atoms with Crippen LogP contribution >= 0.6 is 11.6 Å². The molecule has 0 heterocycles. The van der Waals surface area contributed by atoms with Crippen LogP contribution in [0, 0.1) is 13.8 Å². The summed E-state index contributed by atoms with van der Waals surface area (Å²) in [6.45, 7) is 3.67. The first-order valence-corrected chi connectivity index (χ1v) is 7.27. The van der Waals surface area contributed by atoms with Gasteiger partial charge in [0.2, 0.25) is 0 Å². The molecule has 0 radical (unpaired) electrons. The van der Waals surface area contributed by atoms with Crippen LogP contribution in [-0.4, -0.2) is 23.6 Å². The highest BCUT2D eigenvalue weighted by molar-refractivity contribution is 6.33. The Balaban J connectivity index is 2.02. The summed E-state index contributed by atoms with van der Waals surface area (Å²) in [6, 6.07) is 9.75. The Bertz CT molecular complexity index is 758. The minimum atomic E-state index is -1.09. The lowest BCUT2D eigenvalue weighted by Gasteiger charge is -2.11. The molecule has 23 heavy (non-hydrogen) atoms. The van der Waals surface area contributed by atoms with Gasteiger partial charge in [-0.05, 0) is 43.7 Å². The monoisotopic (exact) mass is 333 g/mol. The minimum absolute atomic E-state index is 0.0417. The summed E-state index contributed by atoms with van der Waals surface area (Å²) in [5.41, 5.74) is 2.32. The zero-order valence-corrected chi connectivity index (χ0v) is 13.5. The summed E-state index contributed by atoms with van der Waals surface area (Å²) < 4.78 is 5.47. The average molecular weight is 334 g/mol. The molecule has 0 aliphatic rings. The Hall–Kier alpha value is -2.53. The Morgan fingerprint density at radius 3 is 2.57 bits per heavy atom. The number of nitrogens with one attached hydrogen (secondary N) is 1. The number of carboxylic acid groups (broad SMARTS) is 1. The fraction of sp³-hybridized carbons (Fsp3) is 0.176. The predicted octanol–water partition coefficient (Wildman–Crippen LogP) is 3.67. The van der Waals surface area contributed by atoms with Crippen molar-refractivity contribution in [3.8, 4) is 5.75 Å². The first kappa shape index (κ1) is 16.8. The van der Waals surface area contributed by atoms with Crippen molar-refractivity contribution in [1.29, 1.82) is 0 Å². The second-order valence-corrected chi connectivity index (χ2v) is 5.51. The molecule has 0 aromatic heterocycles. The SMILES string of the molecule is Cc1ccc(OCC(=O)Nc2cc(C(=O)O)ccc2Cl)c(C)c1. The molecule has 0 unspecified atom stereocenters. The number of benzene rings is 2. The van der Waals surface area contributed by atoms with Crippen molar-refractivity contribution in [3.05, 3.63) is 58.1 Å². The van der Waals surface area contributed by atoms with E-state index in [9.17, 15) is 9.59 Å². The Morgan fingerprint density at radius 2 is 1.91 bits per heavy atom. The van der Waals surface area contributed by atoms with Gasteiger partial charge >= 0.3 is 5.97 Å². The third kappa shape index (κ3) is 4.47. The van der Waals surface area contributed by atoms with Gasteiger partial charge in [0, 0.05) is 0 Å². The lowest BCUT2D eigenvalue weighted by Crippen LogP contribution is -2.20. The van der Waals surface area contributed by atoms with Crippen molar-refractivity contribution in [1.82, 2.24) is 0 Å². The molecule has 0 saturated carbocycles. The molecule has 0 aliphatic heterocycles. The van der Waals surface area contributed by atoms with E-state index >= 15 is 0 Å².